The quantitative estimate of drug-likeness (QED) is 0.889. The first-order chi connectivity index (χ1) is 9.92. The van der Waals surface area contributed by atoms with Crippen LogP contribution in [0.3, 0.4) is 0 Å². The van der Waals surface area contributed by atoms with E-state index in [1.54, 1.807) is 6.20 Å². The molecule has 0 spiro atoms. The van der Waals surface area contributed by atoms with Gasteiger partial charge in [-0.3, -0.25) is 9.98 Å². The smallest absolute Gasteiger partial charge is 0.191 e. The summed E-state index contributed by atoms with van der Waals surface area (Å²) < 4.78 is 0. The fourth-order valence-corrected chi connectivity index (χ4v) is 2.34. The van der Waals surface area contributed by atoms with Crippen molar-refractivity contribution in [3.63, 3.8) is 0 Å². The molecule has 1 aliphatic rings. The number of hydrogen-bond acceptors (Lipinski definition) is 4. The third-order valence-electron chi connectivity index (χ3n) is 3.35. The van der Waals surface area contributed by atoms with E-state index >= 15 is 0 Å². The van der Waals surface area contributed by atoms with Crippen LogP contribution >= 0.6 is 0 Å². The average Bonchev–Trinajstić information content (AvgIpc) is 3.02. The van der Waals surface area contributed by atoms with Gasteiger partial charge >= 0.3 is 0 Å². The second kappa shape index (κ2) is 6.19. The Morgan fingerprint density at radius 3 is 2.75 bits per heavy atom. The van der Waals surface area contributed by atoms with Crippen LogP contribution in [-0.4, -0.2) is 24.0 Å². The van der Waals surface area contributed by atoms with Crippen LogP contribution in [0.25, 0.3) is 0 Å². The average molecular weight is 266 g/mol. The van der Waals surface area contributed by atoms with E-state index in [1.807, 2.05) is 18.3 Å². The lowest BCUT2D eigenvalue weighted by molar-refractivity contribution is 0.631. The van der Waals surface area contributed by atoms with Gasteiger partial charge in [0.05, 0.1) is 12.6 Å². The predicted molar refractivity (Wildman–Crippen MR) is 80.6 cm³/mol. The zero-order valence-electron chi connectivity index (χ0n) is 11.3. The lowest BCUT2D eigenvalue weighted by Gasteiger charge is -2.20. The molecule has 1 aromatic heterocycles. The molecule has 4 nitrogen and oxygen atoms in total. The summed E-state index contributed by atoms with van der Waals surface area (Å²) in [5.74, 6) is 0.884. The van der Waals surface area contributed by atoms with Gasteiger partial charge in [-0.25, -0.2) is 0 Å². The molecule has 4 heteroatoms. The molecule has 0 fully saturated rings. The highest BCUT2D eigenvalue weighted by Crippen LogP contribution is 2.17. The van der Waals surface area contributed by atoms with Crippen molar-refractivity contribution in [2.45, 2.75) is 12.5 Å². The van der Waals surface area contributed by atoms with E-state index in [0.717, 1.165) is 25.5 Å². The summed E-state index contributed by atoms with van der Waals surface area (Å²) in [6.07, 6.45) is 4.62. The number of nitrogens with zero attached hydrogens (tertiary/aromatic N) is 2. The Kier molecular flexibility index (Phi) is 3.92. The fourth-order valence-electron chi connectivity index (χ4n) is 2.34. The highest BCUT2D eigenvalue weighted by molar-refractivity contribution is 5.81. The predicted octanol–water partition coefficient (Wildman–Crippen LogP) is 1.91. The Morgan fingerprint density at radius 1 is 1.15 bits per heavy atom. The number of aromatic nitrogens is 1. The molecule has 0 aliphatic carbocycles. The first kappa shape index (κ1) is 12.7. The molecule has 1 aliphatic heterocycles. The molecular formula is C16H18N4. The molecule has 0 saturated carbocycles. The number of aliphatic imine (C=N–C) groups is 1. The van der Waals surface area contributed by atoms with E-state index in [9.17, 15) is 0 Å². The number of nitrogens with one attached hydrogen (secondary N) is 2. The molecule has 20 heavy (non-hydrogen) atoms. The van der Waals surface area contributed by atoms with Crippen LogP contribution in [0.2, 0.25) is 0 Å². The number of hydrogen-bond donors (Lipinski definition) is 2. The summed E-state index contributed by atoms with van der Waals surface area (Å²) in [7, 11) is 0. The maximum Gasteiger partial charge on any atom is 0.191 e. The van der Waals surface area contributed by atoms with Gasteiger partial charge in [0.25, 0.3) is 0 Å². The molecule has 2 aromatic rings. The molecule has 102 valence electrons. The second-order valence-electron chi connectivity index (χ2n) is 4.83. The molecular weight excluding hydrogens is 248 g/mol. The van der Waals surface area contributed by atoms with Crippen molar-refractivity contribution < 1.29 is 0 Å². The van der Waals surface area contributed by atoms with Gasteiger partial charge in [-0.1, -0.05) is 36.4 Å². The molecule has 1 atom stereocenters. The Balaban J connectivity index is 1.79. The summed E-state index contributed by atoms with van der Waals surface area (Å²) >= 11 is 0. The second-order valence-corrected chi connectivity index (χ2v) is 4.83. The van der Waals surface area contributed by atoms with E-state index in [0.29, 0.717) is 0 Å². The maximum absolute atomic E-state index is 4.42. The maximum atomic E-state index is 4.42. The van der Waals surface area contributed by atoms with E-state index in [1.165, 1.54) is 11.1 Å². The zero-order valence-corrected chi connectivity index (χ0v) is 11.3. The highest BCUT2D eigenvalue weighted by atomic mass is 15.2. The normalized spacial score (nSPS) is 15.3. The number of pyridine rings is 1. The minimum atomic E-state index is 0.176. The largest absolute Gasteiger partial charge is 0.355 e. The number of benzene rings is 1. The summed E-state index contributed by atoms with van der Waals surface area (Å²) in [6.45, 7) is 1.75. The van der Waals surface area contributed by atoms with Crippen LogP contribution in [-0.2, 0) is 6.42 Å². The van der Waals surface area contributed by atoms with Gasteiger partial charge in [0.2, 0.25) is 0 Å². The van der Waals surface area contributed by atoms with Crippen molar-refractivity contribution in [2.24, 2.45) is 4.99 Å². The topological polar surface area (TPSA) is 49.3 Å². The minimum absolute atomic E-state index is 0.176. The third-order valence-corrected chi connectivity index (χ3v) is 3.35. The monoisotopic (exact) mass is 266 g/mol. The minimum Gasteiger partial charge on any atom is -0.355 e. The van der Waals surface area contributed by atoms with Crippen LogP contribution in [0.15, 0.2) is 59.9 Å². The van der Waals surface area contributed by atoms with Crippen molar-refractivity contribution >= 4 is 5.96 Å². The number of guanidine groups is 1. The van der Waals surface area contributed by atoms with Gasteiger partial charge in [-0.15, -0.1) is 0 Å². The van der Waals surface area contributed by atoms with Crippen LogP contribution in [0.5, 0.6) is 0 Å². The van der Waals surface area contributed by atoms with Crippen LogP contribution in [0.4, 0.5) is 0 Å². The van der Waals surface area contributed by atoms with Crippen LogP contribution < -0.4 is 10.6 Å². The summed E-state index contributed by atoms with van der Waals surface area (Å²) in [6, 6.07) is 14.7. The standard InChI is InChI=1S/C16H18N4/c1-2-5-13(6-3-1)11-15(14-7-4-8-17-12-14)20-16-18-9-10-19-16/h1-8,12,15H,9-11H2,(H2,18,19,20). The van der Waals surface area contributed by atoms with Gasteiger partial charge in [0.1, 0.15) is 0 Å². The summed E-state index contributed by atoms with van der Waals surface area (Å²) in [5, 5.41) is 6.74. The summed E-state index contributed by atoms with van der Waals surface area (Å²) in [5.41, 5.74) is 2.47. The number of rotatable bonds is 4. The molecule has 0 saturated heterocycles. The van der Waals surface area contributed by atoms with Crippen LogP contribution in [0, 0.1) is 0 Å². The zero-order chi connectivity index (χ0) is 13.6. The Bertz CT molecular complexity index is 566. The Morgan fingerprint density at radius 2 is 2.05 bits per heavy atom. The molecule has 2 N–H and O–H groups in total. The molecule has 3 rings (SSSR count). The van der Waals surface area contributed by atoms with Crippen molar-refractivity contribution in [1.82, 2.24) is 15.6 Å². The van der Waals surface area contributed by atoms with Crippen LogP contribution in [0.1, 0.15) is 17.2 Å². The third kappa shape index (κ3) is 3.15. The van der Waals surface area contributed by atoms with E-state index < -0.39 is 0 Å². The van der Waals surface area contributed by atoms with Gasteiger partial charge in [0.15, 0.2) is 5.96 Å². The van der Waals surface area contributed by atoms with Crippen molar-refractivity contribution in [3.05, 3.63) is 66.0 Å². The van der Waals surface area contributed by atoms with Gasteiger partial charge < -0.3 is 10.6 Å². The van der Waals surface area contributed by atoms with E-state index in [4.69, 9.17) is 0 Å². The molecule has 0 bridgehead atoms. The molecule has 1 unspecified atom stereocenters. The molecule has 1 aromatic carbocycles. The van der Waals surface area contributed by atoms with Crippen molar-refractivity contribution in [2.75, 3.05) is 13.1 Å². The Hall–Kier alpha value is -2.36. The lowest BCUT2D eigenvalue weighted by Crippen LogP contribution is -2.37. The molecule has 2 heterocycles. The van der Waals surface area contributed by atoms with Crippen molar-refractivity contribution in [3.8, 4) is 0 Å². The SMILES string of the molecule is c1ccc(CC(NC2=NCCN2)c2cccnc2)cc1. The summed E-state index contributed by atoms with van der Waals surface area (Å²) in [4.78, 5) is 8.64. The van der Waals surface area contributed by atoms with Gasteiger partial charge in [-0.2, -0.15) is 0 Å². The fraction of sp³-hybridized carbons (Fsp3) is 0.250. The van der Waals surface area contributed by atoms with E-state index in [-0.39, 0.29) is 6.04 Å². The van der Waals surface area contributed by atoms with Gasteiger partial charge in [-0.05, 0) is 23.6 Å². The van der Waals surface area contributed by atoms with Crippen molar-refractivity contribution in [1.29, 1.82) is 0 Å². The lowest BCUT2D eigenvalue weighted by atomic mass is 10.0. The van der Waals surface area contributed by atoms with Gasteiger partial charge in [0, 0.05) is 18.9 Å². The molecule has 0 amide bonds. The van der Waals surface area contributed by atoms with E-state index in [2.05, 4.69) is 50.9 Å². The highest BCUT2D eigenvalue weighted by Gasteiger charge is 2.15. The first-order valence-electron chi connectivity index (χ1n) is 6.90. The first-order valence-corrected chi connectivity index (χ1v) is 6.90. The molecule has 0 radical (unpaired) electrons. The Labute approximate surface area is 119 Å².